The molecule has 0 bridgehead atoms. The van der Waals surface area contributed by atoms with Gasteiger partial charge in [-0.05, 0) is 41.5 Å². The molecule has 0 atom stereocenters. The number of hydrogen-bond acceptors (Lipinski definition) is 4. The van der Waals surface area contributed by atoms with E-state index in [4.69, 9.17) is 5.73 Å². The SMILES string of the molecule is Nc1cc(F)cc(-c2nnnn2CCCCC(F)(F)F)c1. The smallest absolute Gasteiger partial charge is 0.389 e. The molecule has 2 N–H and O–H groups in total. The average molecular weight is 303 g/mol. The summed E-state index contributed by atoms with van der Waals surface area (Å²) < 4.78 is 50.8. The Balaban J connectivity index is 2.05. The Labute approximate surface area is 117 Å². The first-order valence-electron chi connectivity index (χ1n) is 6.24. The summed E-state index contributed by atoms with van der Waals surface area (Å²) in [7, 11) is 0. The van der Waals surface area contributed by atoms with Crippen molar-refractivity contribution in [1.29, 1.82) is 0 Å². The van der Waals surface area contributed by atoms with Crippen LogP contribution in [-0.4, -0.2) is 26.4 Å². The molecular formula is C12H13F4N5. The van der Waals surface area contributed by atoms with Gasteiger partial charge in [-0.3, -0.25) is 0 Å². The second kappa shape index (κ2) is 6.06. The molecule has 2 rings (SSSR count). The Morgan fingerprint density at radius 3 is 2.57 bits per heavy atom. The summed E-state index contributed by atoms with van der Waals surface area (Å²) in [4.78, 5) is 0. The van der Waals surface area contributed by atoms with Crippen LogP contribution in [0.25, 0.3) is 11.4 Å². The fraction of sp³-hybridized carbons (Fsp3) is 0.417. The number of nitrogens with two attached hydrogens (primary N) is 1. The van der Waals surface area contributed by atoms with Gasteiger partial charge in [0.25, 0.3) is 0 Å². The van der Waals surface area contributed by atoms with Gasteiger partial charge < -0.3 is 5.73 Å². The van der Waals surface area contributed by atoms with Gasteiger partial charge in [0, 0.05) is 24.2 Å². The molecule has 0 aliphatic rings. The predicted molar refractivity (Wildman–Crippen MR) is 67.5 cm³/mol. The number of anilines is 1. The molecule has 0 saturated carbocycles. The Kier molecular flexibility index (Phi) is 4.39. The highest BCUT2D eigenvalue weighted by Gasteiger charge is 2.25. The first-order chi connectivity index (χ1) is 9.85. The zero-order chi connectivity index (χ0) is 15.5. The van der Waals surface area contributed by atoms with Gasteiger partial charge in [-0.2, -0.15) is 13.2 Å². The standard InChI is InChI=1S/C12H13F4N5/c13-9-5-8(6-10(17)7-9)11-18-19-20-21(11)4-2-1-3-12(14,15)16/h5-7H,1-4,17H2. The maximum Gasteiger partial charge on any atom is 0.389 e. The van der Waals surface area contributed by atoms with Crippen molar-refractivity contribution in [3.63, 3.8) is 0 Å². The third-order valence-corrected chi connectivity index (χ3v) is 2.79. The van der Waals surface area contributed by atoms with Gasteiger partial charge in [0.05, 0.1) is 0 Å². The molecule has 114 valence electrons. The van der Waals surface area contributed by atoms with Crippen molar-refractivity contribution in [3.8, 4) is 11.4 Å². The van der Waals surface area contributed by atoms with Crippen LogP contribution in [0, 0.1) is 5.82 Å². The summed E-state index contributed by atoms with van der Waals surface area (Å²) in [5.74, 6) is -0.259. The van der Waals surface area contributed by atoms with Crippen molar-refractivity contribution in [3.05, 3.63) is 24.0 Å². The fourth-order valence-electron chi connectivity index (χ4n) is 1.89. The number of benzene rings is 1. The zero-order valence-corrected chi connectivity index (χ0v) is 10.9. The molecule has 0 amide bonds. The predicted octanol–water partition coefficient (Wildman–Crippen LogP) is 2.79. The lowest BCUT2D eigenvalue weighted by Crippen LogP contribution is -2.08. The van der Waals surface area contributed by atoms with Crippen molar-refractivity contribution in [2.24, 2.45) is 0 Å². The van der Waals surface area contributed by atoms with E-state index in [0.29, 0.717) is 5.56 Å². The quantitative estimate of drug-likeness (QED) is 0.524. The Morgan fingerprint density at radius 1 is 1.14 bits per heavy atom. The van der Waals surface area contributed by atoms with Crippen LogP contribution < -0.4 is 5.73 Å². The highest BCUT2D eigenvalue weighted by atomic mass is 19.4. The Hall–Kier alpha value is -2.19. The Morgan fingerprint density at radius 2 is 1.90 bits per heavy atom. The third kappa shape index (κ3) is 4.40. The van der Waals surface area contributed by atoms with Crippen LogP contribution in [0.2, 0.25) is 0 Å². The lowest BCUT2D eigenvalue weighted by atomic mass is 10.2. The van der Waals surface area contributed by atoms with Crippen LogP contribution in [0.1, 0.15) is 19.3 Å². The molecule has 0 aliphatic heterocycles. The van der Waals surface area contributed by atoms with Crippen molar-refractivity contribution in [2.75, 3.05) is 5.73 Å². The number of nitrogen functional groups attached to an aromatic ring is 1. The van der Waals surface area contributed by atoms with Gasteiger partial charge >= 0.3 is 6.18 Å². The van der Waals surface area contributed by atoms with Gasteiger partial charge in [-0.25, -0.2) is 9.07 Å². The van der Waals surface area contributed by atoms with E-state index < -0.39 is 18.4 Å². The number of hydrogen-bond donors (Lipinski definition) is 1. The number of rotatable bonds is 5. The zero-order valence-electron chi connectivity index (χ0n) is 10.9. The molecule has 0 fully saturated rings. The third-order valence-electron chi connectivity index (χ3n) is 2.79. The monoisotopic (exact) mass is 303 g/mol. The Bertz CT molecular complexity index is 588. The second-order valence-corrected chi connectivity index (χ2v) is 4.57. The summed E-state index contributed by atoms with van der Waals surface area (Å²) in [5.41, 5.74) is 6.14. The number of halogens is 4. The van der Waals surface area contributed by atoms with Crippen LogP contribution in [0.15, 0.2) is 18.2 Å². The maximum absolute atomic E-state index is 13.3. The van der Waals surface area contributed by atoms with Gasteiger partial charge in [0.2, 0.25) is 0 Å². The maximum atomic E-state index is 13.3. The number of alkyl halides is 3. The van der Waals surface area contributed by atoms with Crippen molar-refractivity contribution < 1.29 is 17.6 Å². The van der Waals surface area contributed by atoms with Crippen molar-refractivity contribution in [1.82, 2.24) is 20.2 Å². The molecule has 0 unspecified atom stereocenters. The topological polar surface area (TPSA) is 69.6 Å². The van der Waals surface area contributed by atoms with E-state index in [1.165, 1.54) is 16.8 Å². The molecule has 1 aromatic heterocycles. The number of unbranched alkanes of at least 4 members (excludes halogenated alkanes) is 1. The molecule has 0 spiro atoms. The molecule has 21 heavy (non-hydrogen) atoms. The van der Waals surface area contributed by atoms with E-state index in [2.05, 4.69) is 15.5 Å². The largest absolute Gasteiger partial charge is 0.399 e. The van der Waals surface area contributed by atoms with E-state index in [9.17, 15) is 17.6 Å². The average Bonchev–Trinajstić information content (AvgIpc) is 2.80. The number of nitrogens with zero attached hydrogens (tertiary/aromatic N) is 4. The minimum atomic E-state index is -4.17. The molecular weight excluding hydrogens is 290 g/mol. The molecule has 9 heteroatoms. The van der Waals surface area contributed by atoms with Crippen LogP contribution in [0.4, 0.5) is 23.2 Å². The summed E-state index contributed by atoms with van der Waals surface area (Å²) in [5, 5.41) is 10.9. The van der Waals surface area contributed by atoms with E-state index in [0.717, 1.165) is 6.07 Å². The van der Waals surface area contributed by atoms with Crippen LogP contribution in [0.5, 0.6) is 0 Å². The summed E-state index contributed by atoms with van der Waals surface area (Å²) in [6.07, 6.45) is -4.77. The van der Waals surface area contributed by atoms with Gasteiger partial charge in [-0.1, -0.05) is 0 Å². The van der Waals surface area contributed by atoms with Crippen LogP contribution in [0.3, 0.4) is 0 Å². The highest BCUT2D eigenvalue weighted by Crippen LogP contribution is 2.23. The van der Waals surface area contributed by atoms with Gasteiger partial charge in [-0.15, -0.1) is 5.10 Å². The summed E-state index contributed by atoms with van der Waals surface area (Å²) >= 11 is 0. The molecule has 2 aromatic rings. The summed E-state index contributed by atoms with van der Waals surface area (Å²) in [6.45, 7) is 0.217. The first kappa shape index (κ1) is 15.2. The lowest BCUT2D eigenvalue weighted by molar-refractivity contribution is -0.135. The molecule has 0 aliphatic carbocycles. The minimum absolute atomic E-state index is 0.0198. The van der Waals surface area contributed by atoms with Gasteiger partial charge in [0.15, 0.2) is 5.82 Å². The van der Waals surface area contributed by atoms with Crippen LogP contribution in [-0.2, 0) is 6.54 Å². The lowest BCUT2D eigenvalue weighted by Gasteiger charge is -2.07. The van der Waals surface area contributed by atoms with E-state index in [1.54, 1.807) is 0 Å². The second-order valence-electron chi connectivity index (χ2n) is 4.57. The fourth-order valence-corrected chi connectivity index (χ4v) is 1.89. The van der Waals surface area contributed by atoms with Crippen molar-refractivity contribution in [2.45, 2.75) is 32.0 Å². The molecule has 0 radical (unpaired) electrons. The van der Waals surface area contributed by atoms with Crippen LogP contribution >= 0.6 is 0 Å². The highest BCUT2D eigenvalue weighted by molar-refractivity contribution is 5.61. The molecule has 1 heterocycles. The number of aromatic nitrogens is 4. The molecule has 5 nitrogen and oxygen atoms in total. The molecule has 1 aromatic carbocycles. The van der Waals surface area contributed by atoms with E-state index in [1.807, 2.05) is 0 Å². The van der Waals surface area contributed by atoms with Crippen molar-refractivity contribution >= 4 is 5.69 Å². The molecule has 0 saturated heterocycles. The minimum Gasteiger partial charge on any atom is -0.399 e. The number of tetrazole rings is 1. The van der Waals surface area contributed by atoms with E-state index in [-0.39, 0.29) is 30.9 Å². The van der Waals surface area contributed by atoms with E-state index >= 15 is 0 Å². The summed E-state index contributed by atoms with van der Waals surface area (Å²) in [6, 6.07) is 3.87. The van der Waals surface area contributed by atoms with Gasteiger partial charge in [0.1, 0.15) is 5.82 Å². The first-order valence-corrected chi connectivity index (χ1v) is 6.24. The number of aryl methyl sites for hydroxylation is 1. The normalized spacial score (nSPS) is 11.8.